The number of nitrogens with two attached hydrogens (primary N) is 1. The minimum atomic E-state index is -0.193. The smallest absolute Gasteiger partial charge is 0.123 e. The first-order valence-corrected chi connectivity index (χ1v) is 6.22. The molecular weight excluding hydrogens is 215 g/mol. The molecule has 0 radical (unpaired) electrons. The third-order valence-corrected chi connectivity index (χ3v) is 3.22. The summed E-state index contributed by atoms with van der Waals surface area (Å²) in [4.78, 5) is 2.19. The standard InChI is InChI=1S/C14H23FN2/c1-5-11(3)17(4)14-7-6-13(15)9-12(14)8-10(2)16/h6-7,9-11H,5,8,16H2,1-4H3. The lowest BCUT2D eigenvalue weighted by molar-refractivity contribution is 0.618. The molecule has 3 heteroatoms. The van der Waals surface area contributed by atoms with E-state index in [0.29, 0.717) is 12.5 Å². The Bertz CT molecular complexity index is 363. The highest BCUT2D eigenvalue weighted by molar-refractivity contribution is 5.54. The van der Waals surface area contributed by atoms with E-state index in [9.17, 15) is 4.39 Å². The molecule has 0 aromatic heterocycles. The van der Waals surface area contributed by atoms with Gasteiger partial charge in [-0.25, -0.2) is 4.39 Å². The fourth-order valence-electron chi connectivity index (χ4n) is 1.92. The van der Waals surface area contributed by atoms with E-state index in [-0.39, 0.29) is 11.9 Å². The van der Waals surface area contributed by atoms with Crippen LogP contribution in [-0.2, 0) is 6.42 Å². The fraction of sp³-hybridized carbons (Fsp3) is 0.571. The Hall–Kier alpha value is -1.09. The fourth-order valence-corrected chi connectivity index (χ4v) is 1.92. The van der Waals surface area contributed by atoms with Crippen molar-refractivity contribution in [2.45, 2.75) is 45.7 Å². The van der Waals surface area contributed by atoms with E-state index in [4.69, 9.17) is 5.73 Å². The van der Waals surface area contributed by atoms with Crippen LogP contribution in [0.15, 0.2) is 18.2 Å². The highest BCUT2D eigenvalue weighted by Gasteiger charge is 2.13. The SMILES string of the molecule is CCC(C)N(C)c1ccc(F)cc1CC(C)N. The van der Waals surface area contributed by atoms with Crippen molar-refractivity contribution in [3.63, 3.8) is 0 Å². The lowest BCUT2D eigenvalue weighted by atomic mass is 10.0. The van der Waals surface area contributed by atoms with Gasteiger partial charge >= 0.3 is 0 Å². The van der Waals surface area contributed by atoms with Crippen molar-refractivity contribution in [3.8, 4) is 0 Å². The molecule has 1 aromatic carbocycles. The highest BCUT2D eigenvalue weighted by Crippen LogP contribution is 2.24. The van der Waals surface area contributed by atoms with Gasteiger partial charge in [-0.05, 0) is 50.5 Å². The van der Waals surface area contributed by atoms with Crippen LogP contribution in [0.5, 0.6) is 0 Å². The number of hydrogen-bond acceptors (Lipinski definition) is 2. The second kappa shape index (κ2) is 6.01. The van der Waals surface area contributed by atoms with Gasteiger partial charge in [0.1, 0.15) is 5.82 Å². The first kappa shape index (κ1) is 14.0. The summed E-state index contributed by atoms with van der Waals surface area (Å²) in [6.45, 7) is 6.26. The van der Waals surface area contributed by atoms with Crippen LogP contribution >= 0.6 is 0 Å². The number of halogens is 1. The topological polar surface area (TPSA) is 29.3 Å². The molecule has 0 fully saturated rings. The molecule has 0 aliphatic rings. The van der Waals surface area contributed by atoms with Crippen LogP contribution in [0.25, 0.3) is 0 Å². The number of hydrogen-bond donors (Lipinski definition) is 1. The van der Waals surface area contributed by atoms with E-state index < -0.39 is 0 Å². The van der Waals surface area contributed by atoms with Gasteiger partial charge in [0.2, 0.25) is 0 Å². The van der Waals surface area contributed by atoms with E-state index >= 15 is 0 Å². The van der Waals surface area contributed by atoms with E-state index in [1.807, 2.05) is 20.0 Å². The lowest BCUT2D eigenvalue weighted by Crippen LogP contribution is -2.30. The molecule has 0 aliphatic heterocycles. The summed E-state index contributed by atoms with van der Waals surface area (Å²) in [5.74, 6) is -0.193. The maximum absolute atomic E-state index is 13.3. The monoisotopic (exact) mass is 238 g/mol. The van der Waals surface area contributed by atoms with Crippen molar-refractivity contribution in [1.29, 1.82) is 0 Å². The summed E-state index contributed by atoms with van der Waals surface area (Å²) in [6.07, 6.45) is 1.76. The number of anilines is 1. The van der Waals surface area contributed by atoms with Crippen molar-refractivity contribution in [2.75, 3.05) is 11.9 Å². The van der Waals surface area contributed by atoms with Crippen LogP contribution in [0.4, 0.5) is 10.1 Å². The molecule has 0 heterocycles. The molecule has 0 spiro atoms. The molecule has 0 aliphatic carbocycles. The van der Waals surface area contributed by atoms with Gasteiger partial charge < -0.3 is 10.6 Å². The van der Waals surface area contributed by atoms with Crippen molar-refractivity contribution in [2.24, 2.45) is 5.73 Å². The van der Waals surface area contributed by atoms with Gasteiger partial charge in [0.05, 0.1) is 0 Å². The summed E-state index contributed by atoms with van der Waals surface area (Å²) in [5.41, 5.74) is 7.88. The Morgan fingerprint density at radius 3 is 2.53 bits per heavy atom. The quantitative estimate of drug-likeness (QED) is 0.854. The Morgan fingerprint density at radius 2 is 2.00 bits per heavy atom. The Balaban J connectivity index is 3.04. The van der Waals surface area contributed by atoms with Crippen LogP contribution < -0.4 is 10.6 Å². The molecule has 2 N–H and O–H groups in total. The number of nitrogens with zero attached hydrogens (tertiary/aromatic N) is 1. The molecule has 2 nitrogen and oxygen atoms in total. The molecule has 2 unspecified atom stereocenters. The first-order valence-electron chi connectivity index (χ1n) is 6.22. The molecule has 0 saturated heterocycles. The molecule has 0 saturated carbocycles. The molecular formula is C14H23FN2. The predicted molar refractivity (Wildman–Crippen MR) is 71.9 cm³/mol. The number of rotatable bonds is 5. The van der Waals surface area contributed by atoms with Gasteiger partial charge in [-0.2, -0.15) is 0 Å². The second-order valence-corrected chi connectivity index (χ2v) is 4.82. The van der Waals surface area contributed by atoms with Crippen molar-refractivity contribution in [3.05, 3.63) is 29.6 Å². The molecule has 2 atom stereocenters. The van der Waals surface area contributed by atoms with Gasteiger partial charge in [0, 0.05) is 24.8 Å². The molecule has 1 aromatic rings. The van der Waals surface area contributed by atoms with Crippen molar-refractivity contribution >= 4 is 5.69 Å². The molecule has 96 valence electrons. The largest absolute Gasteiger partial charge is 0.372 e. The Kier molecular flexibility index (Phi) is 4.94. The minimum absolute atomic E-state index is 0.0425. The molecule has 0 bridgehead atoms. The third-order valence-electron chi connectivity index (χ3n) is 3.22. The summed E-state index contributed by atoms with van der Waals surface area (Å²) in [7, 11) is 2.05. The Morgan fingerprint density at radius 1 is 1.35 bits per heavy atom. The van der Waals surface area contributed by atoms with E-state index in [0.717, 1.165) is 17.7 Å². The zero-order valence-corrected chi connectivity index (χ0v) is 11.2. The van der Waals surface area contributed by atoms with Crippen LogP contribution in [0, 0.1) is 5.82 Å². The van der Waals surface area contributed by atoms with Crippen molar-refractivity contribution in [1.82, 2.24) is 0 Å². The van der Waals surface area contributed by atoms with Crippen LogP contribution in [-0.4, -0.2) is 19.1 Å². The maximum Gasteiger partial charge on any atom is 0.123 e. The van der Waals surface area contributed by atoms with E-state index in [2.05, 4.69) is 18.7 Å². The molecule has 17 heavy (non-hydrogen) atoms. The third kappa shape index (κ3) is 3.70. The molecule has 0 amide bonds. The van der Waals surface area contributed by atoms with Crippen molar-refractivity contribution < 1.29 is 4.39 Å². The number of benzene rings is 1. The van der Waals surface area contributed by atoms with Crippen LogP contribution in [0.2, 0.25) is 0 Å². The lowest BCUT2D eigenvalue weighted by Gasteiger charge is -2.28. The van der Waals surface area contributed by atoms with Gasteiger partial charge in [0.25, 0.3) is 0 Å². The van der Waals surface area contributed by atoms with Gasteiger partial charge in [0.15, 0.2) is 0 Å². The summed E-state index contributed by atoms with van der Waals surface area (Å²) < 4.78 is 13.3. The maximum atomic E-state index is 13.3. The van der Waals surface area contributed by atoms with Crippen LogP contribution in [0.1, 0.15) is 32.8 Å². The Labute approximate surface area is 104 Å². The first-order chi connectivity index (χ1) is 7.95. The predicted octanol–water partition coefficient (Wildman–Crippen LogP) is 2.95. The van der Waals surface area contributed by atoms with Gasteiger partial charge in [-0.1, -0.05) is 6.92 Å². The minimum Gasteiger partial charge on any atom is -0.372 e. The average molecular weight is 238 g/mol. The normalized spacial score (nSPS) is 14.5. The average Bonchev–Trinajstić information content (AvgIpc) is 2.26. The van der Waals surface area contributed by atoms with Crippen LogP contribution in [0.3, 0.4) is 0 Å². The molecule has 1 rings (SSSR count). The van der Waals surface area contributed by atoms with E-state index in [1.54, 1.807) is 6.07 Å². The summed E-state index contributed by atoms with van der Waals surface area (Å²) >= 11 is 0. The zero-order chi connectivity index (χ0) is 13.0. The second-order valence-electron chi connectivity index (χ2n) is 4.82. The highest BCUT2D eigenvalue weighted by atomic mass is 19.1. The zero-order valence-electron chi connectivity index (χ0n) is 11.2. The van der Waals surface area contributed by atoms with Gasteiger partial charge in [-0.15, -0.1) is 0 Å². The summed E-state index contributed by atoms with van der Waals surface area (Å²) in [5, 5.41) is 0. The summed E-state index contributed by atoms with van der Waals surface area (Å²) in [6, 6.07) is 5.43. The van der Waals surface area contributed by atoms with Gasteiger partial charge in [-0.3, -0.25) is 0 Å². The van der Waals surface area contributed by atoms with E-state index in [1.165, 1.54) is 6.07 Å².